The second-order valence-electron chi connectivity index (χ2n) is 5.54. The molecule has 1 aromatic heterocycles. The van der Waals surface area contributed by atoms with Gasteiger partial charge in [-0.05, 0) is 30.4 Å². The predicted octanol–water partition coefficient (Wildman–Crippen LogP) is 3.33. The van der Waals surface area contributed by atoms with Gasteiger partial charge in [0.25, 0.3) is 0 Å². The first kappa shape index (κ1) is 13.8. The van der Waals surface area contributed by atoms with Crippen LogP contribution in [-0.2, 0) is 6.42 Å². The summed E-state index contributed by atoms with van der Waals surface area (Å²) < 4.78 is 0. The summed E-state index contributed by atoms with van der Waals surface area (Å²) in [7, 11) is 0. The van der Waals surface area contributed by atoms with Gasteiger partial charge < -0.3 is 5.32 Å². The highest BCUT2D eigenvalue weighted by molar-refractivity contribution is 7.09. The normalized spacial score (nSPS) is 23.9. The first-order valence-electron chi connectivity index (χ1n) is 7.37. The van der Waals surface area contributed by atoms with Crippen LogP contribution < -0.4 is 5.32 Å². The third kappa shape index (κ3) is 3.29. The fourth-order valence-electron chi connectivity index (χ4n) is 2.85. The molecule has 106 valence electrons. The molecular formula is C17H22N2S. The Balaban J connectivity index is 1.61. The van der Waals surface area contributed by atoms with Crippen molar-refractivity contribution >= 4 is 11.3 Å². The molecule has 0 radical (unpaired) electrons. The molecule has 3 rings (SSSR count). The van der Waals surface area contributed by atoms with Gasteiger partial charge in [0, 0.05) is 36.6 Å². The molecule has 1 aliphatic rings. The third-order valence-corrected chi connectivity index (χ3v) is 5.06. The Morgan fingerprint density at radius 2 is 2.05 bits per heavy atom. The van der Waals surface area contributed by atoms with Gasteiger partial charge in [0.2, 0.25) is 0 Å². The van der Waals surface area contributed by atoms with Gasteiger partial charge in [-0.3, -0.25) is 4.90 Å². The number of piperazine rings is 1. The highest BCUT2D eigenvalue weighted by Gasteiger charge is 2.25. The summed E-state index contributed by atoms with van der Waals surface area (Å²) in [5.74, 6) is 0. The standard InChI is InChI=1S/C17H22N2S/c1-14-12-18-17(15-6-3-2-4-7-15)13-19(14)10-9-16-8-5-11-20-16/h2-8,11,14,17-18H,9-10,12-13H2,1H3. The highest BCUT2D eigenvalue weighted by atomic mass is 32.1. The number of rotatable bonds is 4. The van der Waals surface area contributed by atoms with Gasteiger partial charge >= 0.3 is 0 Å². The van der Waals surface area contributed by atoms with Crippen LogP contribution in [0.5, 0.6) is 0 Å². The van der Waals surface area contributed by atoms with Crippen molar-refractivity contribution in [2.45, 2.75) is 25.4 Å². The molecule has 2 unspecified atom stereocenters. The van der Waals surface area contributed by atoms with E-state index in [1.807, 2.05) is 11.3 Å². The van der Waals surface area contributed by atoms with Crippen LogP contribution in [0.15, 0.2) is 47.8 Å². The summed E-state index contributed by atoms with van der Waals surface area (Å²) in [6, 6.07) is 16.3. The lowest BCUT2D eigenvalue weighted by Gasteiger charge is -2.39. The molecule has 0 aliphatic carbocycles. The zero-order valence-corrected chi connectivity index (χ0v) is 12.8. The Labute approximate surface area is 125 Å². The van der Waals surface area contributed by atoms with E-state index in [0.717, 1.165) is 19.6 Å². The fraction of sp³-hybridized carbons (Fsp3) is 0.412. The molecule has 1 saturated heterocycles. The SMILES string of the molecule is CC1CNC(c2ccccc2)CN1CCc1cccs1. The van der Waals surface area contributed by atoms with Gasteiger partial charge in [-0.15, -0.1) is 11.3 Å². The zero-order chi connectivity index (χ0) is 13.8. The van der Waals surface area contributed by atoms with E-state index < -0.39 is 0 Å². The fourth-order valence-corrected chi connectivity index (χ4v) is 3.55. The number of nitrogens with zero attached hydrogens (tertiary/aromatic N) is 1. The molecular weight excluding hydrogens is 264 g/mol. The Bertz CT molecular complexity index is 509. The summed E-state index contributed by atoms with van der Waals surface area (Å²) in [6.45, 7) is 5.66. The lowest BCUT2D eigenvalue weighted by Crippen LogP contribution is -2.51. The number of nitrogens with one attached hydrogen (secondary N) is 1. The molecule has 20 heavy (non-hydrogen) atoms. The van der Waals surface area contributed by atoms with Crippen molar-refractivity contribution in [2.24, 2.45) is 0 Å². The monoisotopic (exact) mass is 286 g/mol. The van der Waals surface area contributed by atoms with Crippen LogP contribution in [0.3, 0.4) is 0 Å². The van der Waals surface area contributed by atoms with Gasteiger partial charge in [-0.25, -0.2) is 0 Å². The van der Waals surface area contributed by atoms with E-state index in [1.165, 1.54) is 16.9 Å². The molecule has 2 atom stereocenters. The largest absolute Gasteiger partial charge is 0.307 e. The summed E-state index contributed by atoms with van der Waals surface area (Å²) in [4.78, 5) is 4.11. The van der Waals surface area contributed by atoms with E-state index in [0.29, 0.717) is 12.1 Å². The maximum atomic E-state index is 3.67. The predicted molar refractivity (Wildman–Crippen MR) is 86.2 cm³/mol. The van der Waals surface area contributed by atoms with E-state index in [9.17, 15) is 0 Å². The summed E-state index contributed by atoms with van der Waals surface area (Å²) in [5.41, 5.74) is 1.40. The van der Waals surface area contributed by atoms with Gasteiger partial charge in [0.15, 0.2) is 0 Å². The minimum Gasteiger partial charge on any atom is -0.307 e. The van der Waals surface area contributed by atoms with Crippen molar-refractivity contribution in [3.05, 3.63) is 58.3 Å². The van der Waals surface area contributed by atoms with E-state index in [4.69, 9.17) is 0 Å². The van der Waals surface area contributed by atoms with Crippen LogP contribution in [0, 0.1) is 0 Å². The molecule has 2 aromatic rings. The summed E-state index contributed by atoms with van der Waals surface area (Å²) in [6.07, 6.45) is 1.17. The van der Waals surface area contributed by atoms with E-state index in [-0.39, 0.29) is 0 Å². The number of benzene rings is 1. The van der Waals surface area contributed by atoms with Crippen LogP contribution in [0.4, 0.5) is 0 Å². The van der Waals surface area contributed by atoms with Crippen molar-refractivity contribution in [3.63, 3.8) is 0 Å². The summed E-state index contributed by atoms with van der Waals surface area (Å²) in [5, 5.41) is 5.84. The Morgan fingerprint density at radius 1 is 1.20 bits per heavy atom. The minimum absolute atomic E-state index is 0.468. The molecule has 0 spiro atoms. The smallest absolute Gasteiger partial charge is 0.0449 e. The van der Waals surface area contributed by atoms with Crippen LogP contribution in [0.1, 0.15) is 23.4 Å². The van der Waals surface area contributed by atoms with Gasteiger partial charge in [0.05, 0.1) is 0 Å². The van der Waals surface area contributed by atoms with Crippen LogP contribution in [0.2, 0.25) is 0 Å². The molecule has 0 amide bonds. The molecule has 2 nitrogen and oxygen atoms in total. The molecule has 0 bridgehead atoms. The average molecular weight is 286 g/mol. The maximum absolute atomic E-state index is 3.67. The number of hydrogen-bond donors (Lipinski definition) is 1. The molecule has 1 aromatic carbocycles. The van der Waals surface area contributed by atoms with Gasteiger partial charge in [-0.1, -0.05) is 36.4 Å². The van der Waals surface area contributed by atoms with Crippen molar-refractivity contribution in [3.8, 4) is 0 Å². The molecule has 0 saturated carbocycles. The molecule has 2 heterocycles. The Morgan fingerprint density at radius 3 is 2.80 bits per heavy atom. The van der Waals surface area contributed by atoms with Gasteiger partial charge in [-0.2, -0.15) is 0 Å². The second-order valence-corrected chi connectivity index (χ2v) is 6.58. The Hall–Kier alpha value is -1.16. The minimum atomic E-state index is 0.468. The maximum Gasteiger partial charge on any atom is 0.0449 e. The average Bonchev–Trinajstić information content (AvgIpc) is 3.01. The molecule has 3 heteroatoms. The summed E-state index contributed by atoms with van der Waals surface area (Å²) >= 11 is 1.87. The number of thiophene rings is 1. The van der Waals surface area contributed by atoms with Crippen LogP contribution in [0.25, 0.3) is 0 Å². The number of hydrogen-bond acceptors (Lipinski definition) is 3. The lowest BCUT2D eigenvalue weighted by molar-refractivity contribution is 0.143. The zero-order valence-electron chi connectivity index (χ0n) is 12.0. The third-order valence-electron chi connectivity index (χ3n) is 4.13. The van der Waals surface area contributed by atoms with Crippen molar-refractivity contribution in [1.29, 1.82) is 0 Å². The van der Waals surface area contributed by atoms with E-state index >= 15 is 0 Å². The second kappa shape index (κ2) is 6.53. The van der Waals surface area contributed by atoms with Crippen LogP contribution in [-0.4, -0.2) is 30.6 Å². The molecule has 1 fully saturated rings. The lowest BCUT2D eigenvalue weighted by atomic mass is 10.0. The van der Waals surface area contributed by atoms with Crippen molar-refractivity contribution < 1.29 is 0 Å². The highest BCUT2D eigenvalue weighted by Crippen LogP contribution is 2.20. The van der Waals surface area contributed by atoms with Crippen molar-refractivity contribution in [2.75, 3.05) is 19.6 Å². The van der Waals surface area contributed by atoms with Crippen LogP contribution >= 0.6 is 11.3 Å². The van der Waals surface area contributed by atoms with Gasteiger partial charge in [0.1, 0.15) is 0 Å². The molecule has 1 N–H and O–H groups in total. The van der Waals surface area contributed by atoms with Crippen molar-refractivity contribution in [1.82, 2.24) is 10.2 Å². The first-order chi connectivity index (χ1) is 9.83. The quantitative estimate of drug-likeness (QED) is 0.927. The van der Waals surface area contributed by atoms with E-state index in [1.54, 1.807) is 0 Å². The topological polar surface area (TPSA) is 15.3 Å². The molecule has 1 aliphatic heterocycles. The first-order valence-corrected chi connectivity index (χ1v) is 8.25. The van der Waals surface area contributed by atoms with E-state index in [2.05, 4.69) is 65.0 Å². The Kier molecular flexibility index (Phi) is 4.51.